The Morgan fingerprint density at radius 3 is 2.61 bits per heavy atom. The Morgan fingerprint density at radius 2 is 1.88 bits per heavy atom. The number of hydrogen-bond donors (Lipinski definition) is 1. The molecule has 0 atom stereocenters. The third kappa shape index (κ3) is 4.57. The van der Waals surface area contributed by atoms with Gasteiger partial charge in [-0.15, -0.1) is 0 Å². The van der Waals surface area contributed by atoms with Gasteiger partial charge in [-0.2, -0.15) is 5.10 Å². The summed E-state index contributed by atoms with van der Waals surface area (Å²) in [5, 5.41) is 16.2. The molecular weight excluding hydrogens is 424 g/mol. The lowest BCUT2D eigenvalue weighted by Crippen LogP contribution is -2.35. The summed E-state index contributed by atoms with van der Waals surface area (Å²) in [5.74, 6) is 1.13. The van der Waals surface area contributed by atoms with Crippen molar-refractivity contribution >= 4 is 16.7 Å². The van der Waals surface area contributed by atoms with Crippen molar-refractivity contribution in [3.05, 3.63) is 69.9 Å². The van der Waals surface area contributed by atoms with Gasteiger partial charge in [0.2, 0.25) is 5.69 Å². The fourth-order valence-corrected chi connectivity index (χ4v) is 3.99. The molecule has 0 spiro atoms. The number of nitro groups is 1. The number of nitrogens with zero attached hydrogens (tertiary/aromatic N) is 5. The highest BCUT2D eigenvalue weighted by Crippen LogP contribution is 2.29. The number of nitrogens with one attached hydrogen (secondary N) is 1. The number of hydrogen-bond acceptors (Lipinski definition) is 7. The summed E-state index contributed by atoms with van der Waals surface area (Å²) in [6.07, 6.45) is 1.44. The van der Waals surface area contributed by atoms with E-state index in [-0.39, 0.29) is 11.4 Å². The van der Waals surface area contributed by atoms with Gasteiger partial charge in [0, 0.05) is 19.6 Å². The zero-order valence-corrected chi connectivity index (χ0v) is 18.2. The minimum absolute atomic E-state index is 0.0869. The third-order valence-corrected chi connectivity index (χ3v) is 5.72. The van der Waals surface area contributed by atoms with E-state index in [0.29, 0.717) is 12.4 Å². The van der Waals surface area contributed by atoms with Crippen LogP contribution >= 0.6 is 0 Å². The van der Waals surface area contributed by atoms with Crippen molar-refractivity contribution in [2.24, 2.45) is 0 Å². The number of aromatic nitrogens is 4. The quantitative estimate of drug-likeness (QED) is 0.341. The van der Waals surface area contributed by atoms with Crippen LogP contribution in [0.15, 0.2) is 48.7 Å². The van der Waals surface area contributed by atoms with Crippen LogP contribution in [0.5, 0.6) is 5.75 Å². The highest BCUT2D eigenvalue weighted by atomic mass is 16.6. The summed E-state index contributed by atoms with van der Waals surface area (Å²) >= 11 is 0. The first-order chi connectivity index (χ1) is 16.1. The predicted molar refractivity (Wildman–Crippen MR) is 122 cm³/mol. The lowest BCUT2D eigenvalue weighted by Gasteiger charge is -2.26. The second-order valence-electron chi connectivity index (χ2n) is 7.99. The van der Waals surface area contributed by atoms with Crippen LogP contribution in [-0.2, 0) is 17.8 Å². The summed E-state index contributed by atoms with van der Waals surface area (Å²) in [6, 6.07) is 13.5. The molecule has 0 amide bonds. The first kappa shape index (κ1) is 21.1. The average molecular weight is 448 g/mol. The first-order valence-corrected chi connectivity index (χ1v) is 10.7. The van der Waals surface area contributed by atoms with Crippen molar-refractivity contribution in [1.82, 2.24) is 24.6 Å². The van der Waals surface area contributed by atoms with E-state index in [0.717, 1.165) is 60.8 Å². The van der Waals surface area contributed by atoms with Crippen molar-refractivity contribution in [1.29, 1.82) is 0 Å². The van der Waals surface area contributed by atoms with E-state index >= 15 is 0 Å². The molecule has 10 heteroatoms. The molecule has 1 aliphatic rings. The van der Waals surface area contributed by atoms with E-state index in [1.54, 1.807) is 11.8 Å². The highest BCUT2D eigenvalue weighted by molar-refractivity contribution is 5.80. The number of benzene rings is 2. The zero-order chi connectivity index (χ0) is 22.8. The van der Waals surface area contributed by atoms with Crippen molar-refractivity contribution in [2.75, 3.05) is 33.4 Å². The number of ether oxygens (including phenoxy) is 2. The van der Waals surface area contributed by atoms with E-state index in [2.05, 4.69) is 26.0 Å². The Labute approximate surface area is 189 Å². The van der Waals surface area contributed by atoms with Crippen LogP contribution in [0.25, 0.3) is 22.6 Å². The molecule has 1 fully saturated rings. The number of aromatic amines is 1. The fraction of sp³-hybridized carbons (Fsp3) is 0.304. The van der Waals surface area contributed by atoms with E-state index < -0.39 is 4.92 Å². The number of imidazole rings is 1. The molecule has 0 radical (unpaired) electrons. The van der Waals surface area contributed by atoms with Crippen LogP contribution in [0.4, 0.5) is 5.69 Å². The van der Waals surface area contributed by atoms with Gasteiger partial charge in [0.05, 0.1) is 42.8 Å². The summed E-state index contributed by atoms with van der Waals surface area (Å²) in [5.41, 5.74) is 3.80. The number of H-pyrrole nitrogens is 1. The molecule has 10 nitrogen and oxygen atoms in total. The molecule has 1 aliphatic heterocycles. The second kappa shape index (κ2) is 9.00. The van der Waals surface area contributed by atoms with Crippen LogP contribution in [0.1, 0.15) is 11.1 Å². The van der Waals surface area contributed by atoms with Crippen LogP contribution in [-0.4, -0.2) is 63.0 Å². The van der Waals surface area contributed by atoms with Gasteiger partial charge in [-0.05, 0) is 35.4 Å². The summed E-state index contributed by atoms with van der Waals surface area (Å²) in [6.45, 7) is 4.52. The van der Waals surface area contributed by atoms with Gasteiger partial charge >= 0.3 is 5.69 Å². The first-order valence-electron chi connectivity index (χ1n) is 10.7. The van der Waals surface area contributed by atoms with Crippen molar-refractivity contribution in [3.63, 3.8) is 0 Å². The van der Waals surface area contributed by atoms with Crippen molar-refractivity contribution in [2.45, 2.75) is 13.1 Å². The van der Waals surface area contributed by atoms with Gasteiger partial charge in [-0.3, -0.25) is 19.7 Å². The Balaban J connectivity index is 1.42. The van der Waals surface area contributed by atoms with Gasteiger partial charge in [-0.25, -0.2) is 4.98 Å². The molecule has 33 heavy (non-hydrogen) atoms. The Morgan fingerprint density at radius 1 is 1.12 bits per heavy atom. The van der Waals surface area contributed by atoms with Crippen molar-refractivity contribution < 1.29 is 14.4 Å². The number of morpholine rings is 1. The van der Waals surface area contributed by atoms with Crippen LogP contribution < -0.4 is 4.74 Å². The normalized spacial score (nSPS) is 14.6. The van der Waals surface area contributed by atoms with Crippen LogP contribution in [0.2, 0.25) is 0 Å². The molecule has 0 saturated carbocycles. The Bertz CT molecular complexity index is 1270. The lowest BCUT2D eigenvalue weighted by atomic mass is 10.2. The van der Waals surface area contributed by atoms with Crippen LogP contribution in [0, 0.1) is 10.1 Å². The lowest BCUT2D eigenvalue weighted by molar-refractivity contribution is -0.384. The zero-order valence-electron chi connectivity index (χ0n) is 18.2. The average Bonchev–Trinajstić information content (AvgIpc) is 3.44. The maximum atomic E-state index is 11.7. The SMILES string of the molecule is COc1ccc(Cn2cc([N+](=O)[O-])c(-c3nc4cc(CN5CCOCC5)ccc4[nH]3)n2)cc1. The van der Waals surface area contributed by atoms with Gasteiger partial charge in [0.15, 0.2) is 5.82 Å². The summed E-state index contributed by atoms with van der Waals surface area (Å²) in [4.78, 5) is 21.4. The molecule has 2 aromatic carbocycles. The molecular formula is C23H24N6O4. The van der Waals surface area contributed by atoms with E-state index in [9.17, 15) is 10.1 Å². The second-order valence-corrected chi connectivity index (χ2v) is 7.99. The van der Waals surface area contributed by atoms with Crippen molar-refractivity contribution in [3.8, 4) is 17.3 Å². The number of methoxy groups -OCH3 is 1. The Kier molecular flexibility index (Phi) is 5.76. The molecule has 0 bridgehead atoms. The molecule has 2 aromatic heterocycles. The Hall–Kier alpha value is -3.76. The maximum absolute atomic E-state index is 11.7. The number of rotatable bonds is 7. The van der Waals surface area contributed by atoms with E-state index in [1.807, 2.05) is 36.4 Å². The standard InChI is InChI=1S/C23H24N6O4/c1-32-18-5-2-16(3-6-18)14-28-15-21(29(30)31)22(26-28)23-24-19-7-4-17(12-20(19)25-23)13-27-8-10-33-11-9-27/h2-7,12,15H,8-11,13-14H2,1H3,(H,24,25). The molecule has 0 unspecified atom stereocenters. The summed E-state index contributed by atoms with van der Waals surface area (Å²) < 4.78 is 12.2. The monoisotopic (exact) mass is 448 g/mol. The van der Waals surface area contributed by atoms with E-state index in [1.165, 1.54) is 6.20 Å². The van der Waals surface area contributed by atoms with Gasteiger partial charge in [0.1, 0.15) is 11.9 Å². The minimum atomic E-state index is -0.427. The largest absolute Gasteiger partial charge is 0.497 e. The smallest absolute Gasteiger partial charge is 0.318 e. The van der Waals surface area contributed by atoms with Gasteiger partial charge in [0.25, 0.3) is 0 Å². The topological polar surface area (TPSA) is 111 Å². The molecule has 1 saturated heterocycles. The minimum Gasteiger partial charge on any atom is -0.497 e. The third-order valence-electron chi connectivity index (χ3n) is 5.72. The highest BCUT2D eigenvalue weighted by Gasteiger charge is 2.24. The molecule has 170 valence electrons. The molecule has 1 N–H and O–H groups in total. The maximum Gasteiger partial charge on any atom is 0.318 e. The number of fused-ring (bicyclic) bond motifs is 1. The van der Waals surface area contributed by atoms with Gasteiger partial charge < -0.3 is 14.5 Å². The predicted octanol–water partition coefficient (Wildman–Crippen LogP) is 3.22. The molecule has 5 rings (SSSR count). The van der Waals surface area contributed by atoms with Crippen LogP contribution in [0.3, 0.4) is 0 Å². The summed E-state index contributed by atoms with van der Waals surface area (Å²) in [7, 11) is 1.61. The fourth-order valence-electron chi connectivity index (χ4n) is 3.99. The molecule has 4 aromatic rings. The van der Waals surface area contributed by atoms with Gasteiger partial charge in [-0.1, -0.05) is 18.2 Å². The van der Waals surface area contributed by atoms with E-state index in [4.69, 9.17) is 9.47 Å². The molecule has 0 aliphatic carbocycles. The molecule has 3 heterocycles.